The van der Waals surface area contributed by atoms with Crippen molar-refractivity contribution in [3.05, 3.63) is 48.2 Å². The van der Waals surface area contributed by atoms with E-state index in [1.54, 1.807) is 6.20 Å². The highest BCUT2D eigenvalue weighted by Gasteiger charge is 2.23. The van der Waals surface area contributed by atoms with Gasteiger partial charge in [0.25, 0.3) is 0 Å². The highest BCUT2D eigenvalue weighted by atomic mass is 16.5. The lowest BCUT2D eigenvalue weighted by molar-refractivity contribution is 0.339. The summed E-state index contributed by atoms with van der Waals surface area (Å²) in [5.74, 6) is 1.72. The number of hydrogen-bond acceptors (Lipinski definition) is 4. The molecule has 1 aromatic heterocycles. The molecule has 4 heteroatoms. The minimum absolute atomic E-state index is 0.160. The van der Waals surface area contributed by atoms with Crippen molar-refractivity contribution < 1.29 is 4.74 Å². The van der Waals surface area contributed by atoms with Gasteiger partial charge in [0.2, 0.25) is 0 Å². The lowest BCUT2D eigenvalue weighted by atomic mass is 10.1. The van der Waals surface area contributed by atoms with Crippen molar-refractivity contribution in [1.29, 1.82) is 0 Å². The number of hydrogen-bond donors (Lipinski definition) is 1. The van der Waals surface area contributed by atoms with Gasteiger partial charge in [0.1, 0.15) is 18.2 Å². The smallest absolute Gasteiger partial charge is 0.149 e. The van der Waals surface area contributed by atoms with Crippen LogP contribution in [0.1, 0.15) is 11.6 Å². The minimum Gasteiger partial charge on any atom is -0.491 e. The Hall–Kier alpha value is -2.10. The van der Waals surface area contributed by atoms with Crippen LogP contribution in [0.25, 0.3) is 0 Å². The van der Waals surface area contributed by atoms with Crippen LogP contribution in [-0.4, -0.2) is 16.8 Å². The fourth-order valence-electron chi connectivity index (χ4n) is 1.84. The zero-order valence-corrected chi connectivity index (χ0v) is 8.63. The molecular formula is C12H11N3O. The van der Waals surface area contributed by atoms with E-state index in [1.807, 2.05) is 30.3 Å². The normalized spacial score (nSPS) is 17.6. The predicted octanol–water partition coefficient (Wildman–Crippen LogP) is 2.02. The van der Waals surface area contributed by atoms with Crippen LogP contribution < -0.4 is 10.1 Å². The Labute approximate surface area is 93.3 Å². The molecule has 1 aromatic carbocycles. The van der Waals surface area contributed by atoms with E-state index < -0.39 is 0 Å². The van der Waals surface area contributed by atoms with Gasteiger partial charge in [-0.3, -0.25) is 0 Å². The Morgan fingerprint density at radius 2 is 2.12 bits per heavy atom. The molecule has 0 amide bonds. The summed E-state index contributed by atoms with van der Waals surface area (Å²) in [5.41, 5.74) is 1.17. The van der Waals surface area contributed by atoms with E-state index in [1.165, 1.54) is 5.56 Å². The molecule has 16 heavy (non-hydrogen) atoms. The molecule has 1 aliphatic heterocycles. The molecule has 4 nitrogen and oxygen atoms in total. The van der Waals surface area contributed by atoms with Gasteiger partial charge >= 0.3 is 0 Å². The average molecular weight is 213 g/mol. The lowest BCUT2D eigenvalue weighted by Crippen LogP contribution is -2.13. The Morgan fingerprint density at radius 1 is 1.19 bits per heavy atom. The highest BCUT2D eigenvalue weighted by molar-refractivity contribution is 5.45. The number of aromatic nitrogens is 2. The summed E-state index contributed by atoms with van der Waals surface area (Å²) >= 11 is 0. The molecule has 0 fully saturated rings. The van der Waals surface area contributed by atoms with Gasteiger partial charge in [0.05, 0.1) is 6.04 Å². The van der Waals surface area contributed by atoms with Gasteiger partial charge in [-0.25, -0.2) is 0 Å². The number of benzene rings is 1. The number of ether oxygens (including phenoxy) is 1. The van der Waals surface area contributed by atoms with Gasteiger partial charge in [0.15, 0.2) is 0 Å². The first-order valence-corrected chi connectivity index (χ1v) is 5.19. The SMILES string of the molecule is c1cnnc(NC2COc3ccccc32)c1. The molecule has 1 N–H and O–H groups in total. The molecule has 80 valence electrons. The summed E-state index contributed by atoms with van der Waals surface area (Å²) in [4.78, 5) is 0. The first-order valence-electron chi connectivity index (χ1n) is 5.19. The van der Waals surface area contributed by atoms with E-state index in [4.69, 9.17) is 4.74 Å². The monoisotopic (exact) mass is 213 g/mol. The van der Waals surface area contributed by atoms with Crippen molar-refractivity contribution >= 4 is 5.82 Å². The molecule has 1 atom stereocenters. The summed E-state index contributed by atoms with van der Waals surface area (Å²) in [6.07, 6.45) is 1.66. The van der Waals surface area contributed by atoms with Crippen LogP contribution in [0.2, 0.25) is 0 Å². The van der Waals surface area contributed by atoms with Crippen molar-refractivity contribution in [2.45, 2.75) is 6.04 Å². The van der Waals surface area contributed by atoms with Gasteiger partial charge in [-0.05, 0) is 18.2 Å². The third-order valence-corrected chi connectivity index (χ3v) is 2.59. The van der Waals surface area contributed by atoms with Crippen LogP contribution in [-0.2, 0) is 0 Å². The summed E-state index contributed by atoms with van der Waals surface area (Å²) in [7, 11) is 0. The van der Waals surface area contributed by atoms with E-state index in [0.29, 0.717) is 6.61 Å². The number of nitrogens with zero attached hydrogens (tertiary/aromatic N) is 2. The average Bonchev–Trinajstić information content (AvgIpc) is 2.74. The van der Waals surface area contributed by atoms with Crippen LogP contribution in [0.4, 0.5) is 5.82 Å². The van der Waals surface area contributed by atoms with Gasteiger partial charge in [-0.1, -0.05) is 18.2 Å². The molecular weight excluding hydrogens is 202 g/mol. The highest BCUT2D eigenvalue weighted by Crippen LogP contribution is 2.33. The standard InChI is InChI=1S/C12H11N3O/c1-2-5-11-9(4-1)10(8-16-11)14-12-6-3-7-13-15-12/h1-7,10H,8H2,(H,14,15). The summed E-state index contributed by atoms with van der Waals surface area (Å²) in [6, 6.07) is 11.9. The fourth-order valence-corrected chi connectivity index (χ4v) is 1.84. The summed E-state index contributed by atoms with van der Waals surface area (Å²) in [6.45, 7) is 0.635. The number of rotatable bonds is 2. The Kier molecular flexibility index (Phi) is 2.18. The van der Waals surface area contributed by atoms with Gasteiger partial charge in [-0.2, -0.15) is 5.10 Å². The van der Waals surface area contributed by atoms with E-state index >= 15 is 0 Å². The maximum Gasteiger partial charge on any atom is 0.149 e. The quantitative estimate of drug-likeness (QED) is 0.829. The first-order chi connectivity index (χ1) is 7.93. The third kappa shape index (κ3) is 1.58. The maximum atomic E-state index is 5.57. The number of anilines is 1. The lowest BCUT2D eigenvalue weighted by Gasteiger charge is -2.11. The topological polar surface area (TPSA) is 47.0 Å². The molecule has 2 heterocycles. The maximum absolute atomic E-state index is 5.57. The van der Waals surface area contributed by atoms with Crippen molar-refractivity contribution in [2.75, 3.05) is 11.9 Å². The largest absolute Gasteiger partial charge is 0.491 e. The molecule has 1 unspecified atom stereocenters. The second-order valence-corrected chi connectivity index (χ2v) is 3.65. The second-order valence-electron chi connectivity index (χ2n) is 3.65. The molecule has 0 saturated heterocycles. The van der Waals surface area contributed by atoms with Gasteiger partial charge in [-0.15, -0.1) is 5.10 Å². The van der Waals surface area contributed by atoms with Crippen molar-refractivity contribution in [3.63, 3.8) is 0 Å². The Balaban J connectivity index is 1.84. The van der Waals surface area contributed by atoms with Crippen molar-refractivity contribution in [3.8, 4) is 5.75 Å². The molecule has 1 aliphatic rings. The van der Waals surface area contributed by atoms with E-state index in [-0.39, 0.29) is 6.04 Å². The molecule has 3 rings (SSSR count). The Bertz CT molecular complexity index is 487. The van der Waals surface area contributed by atoms with Gasteiger partial charge in [0, 0.05) is 11.8 Å². The zero-order valence-electron chi connectivity index (χ0n) is 8.63. The molecule has 0 bridgehead atoms. The molecule has 0 saturated carbocycles. The zero-order chi connectivity index (χ0) is 10.8. The van der Waals surface area contributed by atoms with Crippen LogP contribution >= 0.6 is 0 Å². The molecule has 0 aliphatic carbocycles. The van der Waals surface area contributed by atoms with E-state index in [2.05, 4.69) is 21.6 Å². The molecule has 2 aromatic rings. The first kappa shape index (κ1) is 9.15. The second kappa shape index (κ2) is 3.81. The number of para-hydroxylation sites is 1. The molecule has 0 radical (unpaired) electrons. The summed E-state index contributed by atoms with van der Waals surface area (Å²) < 4.78 is 5.57. The fraction of sp³-hybridized carbons (Fsp3) is 0.167. The van der Waals surface area contributed by atoms with Crippen molar-refractivity contribution in [2.24, 2.45) is 0 Å². The van der Waals surface area contributed by atoms with E-state index in [9.17, 15) is 0 Å². The van der Waals surface area contributed by atoms with E-state index in [0.717, 1.165) is 11.6 Å². The van der Waals surface area contributed by atoms with Gasteiger partial charge < -0.3 is 10.1 Å². The third-order valence-electron chi connectivity index (χ3n) is 2.59. The van der Waals surface area contributed by atoms with Crippen molar-refractivity contribution in [1.82, 2.24) is 10.2 Å². The molecule has 0 spiro atoms. The van der Waals surface area contributed by atoms with Crippen LogP contribution in [0.3, 0.4) is 0 Å². The number of fused-ring (bicyclic) bond motifs is 1. The number of nitrogens with one attached hydrogen (secondary N) is 1. The summed E-state index contributed by atoms with van der Waals surface area (Å²) in [5, 5.41) is 11.1. The predicted molar refractivity (Wildman–Crippen MR) is 60.3 cm³/mol. The van der Waals surface area contributed by atoms with Crippen LogP contribution in [0, 0.1) is 0 Å². The van der Waals surface area contributed by atoms with Crippen LogP contribution in [0.5, 0.6) is 5.75 Å². The van der Waals surface area contributed by atoms with Crippen LogP contribution in [0.15, 0.2) is 42.6 Å². The minimum atomic E-state index is 0.160. The Morgan fingerprint density at radius 3 is 3.00 bits per heavy atom.